The van der Waals surface area contributed by atoms with Crippen molar-refractivity contribution in [1.82, 2.24) is 15.5 Å². The molecule has 1 N–H and O–H groups in total. The van der Waals surface area contributed by atoms with Crippen molar-refractivity contribution in [2.45, 2.75) is 40.0 Å². The molecule has 0 saturated heterocycles. The van der Waals surface area contributed by atoms with Crippen molar-refractivity contribution in [3.8, 4) is 0 Å². The Labute approximate surface area is 91.5 Å². The van der Waals surface area contributed by atoms with E-state index in [0.717, 1.165) is 37.5 Å². The molecule has 0 bridgehead atoms. The molecule has 0 aliphatic rings. The Bertz CT molecular complexity index is 288. The maximum absolute atomic E-state index is 5.17. The standard InChI is InChI=1S/C11H21N3O/c1-11(2,3)8-9-13-10(15-14-9)6-5-7-12-4/h12H,5-8H2,1-4H3. The topological polar surface area (TPSA) is 51.0 Å². The largest absolute Gasteiger partial charge is 0.339 e. The summed E-state index contributed by atoms with van der Waals surface area (Å²) in [5.41, 5.74) is 0.214. The van der Waals surface area contributed by atoms with E-state index in [2.05, 4.69) is 36.2 Å². The molecule has 1 aromatic heterocycles. The first kappa shape index (κ1) is 12.2. The molecule has 0 amide bonds. The number of hydrogen-bond acceptors (Lipinski definition) is 4. The predicted molar refractivity (Wildman–Crippen MR) is 59.7 cm³/mol. The Kier molecular flexibility index (Phi) is 4.27. The van der Waals surface area contributed by atoms with Crippen molar-refractivity contribution in [3.05, 3.63) is 11.7 Å². The molecule has 4 nitrogen and oxygen atoms in total. The highest BCUT2D eigenvalue weighted by Crippen LogP contribution is 2.18. The first-order chi connectivity index (χ1) is 7.01. The van der Waals surface area contributed by atoms with E-state index < -0.39 is 0 Å². The highest BCUT2D eigenvalue weighted by molar-refractivity contribution is 4.90. The van der Waals surface area contributed by atoms with E-state index in [1.54, 1.807) is 0 Å². The average molecular weight is 211 g/mol. The molecular formula is C11H21N3O. The summed E-state index contributed by atoms with van der Waals surface area (Å²) in [6.07, 6.45) is 2.76. The molecule has 0 fully saturated rings. The Morgan fingerprint density at radius 3 is 2.67 bits per heavy atom. The summed E-state index contributed by atoms with van der Waals surface area (Å²) in [6.45, 7) is 7.50. The molecule has 0 aliphatic heterocycles. The van der Waals surface area contributed by atoms with Crippen LogP contribution in [-0.2, 0) is 12.8 Å². The van der Waals surface area contributed by atoms with Crippen LogP contribution in [0.4, 0.5) is 0 Å². The Morgan fingerprint density at radius 2 is 2.07 bits per heavy atom. The number of aromatic nitrogens is 2. The second-order valence-electron chi connectivity index (χ2n) is 5.05. The van der Waals surface area contributed by atoms with Gasteiger partial charge in [0.2, 0.25) is 5.89 Å². The van der Waals surface area contributed by atoms with Crippen molar-refractivity contribution in [1.29, 1.82) is 0 Å². The summed E-state index contributed by atoms with van der Waals surface area (Å²) >= 11 is 0. The Balaban J connectivity index is 2.42. The summed E-state index contributed by atoms with van der Waals surface area (Å²) in [6, 6.07) is 0. The van der Waals surface area contributed by atoms with Gasteiger partial charge in [-0.2, -0.15) is 4.98 Å². The van der Waals surface area contributed by atoms with Crippen LogP contribution >= 0.6 is 0 Å². The Hall–Kier alpha value is -0.900. The van der Waals surface area contributed by atoms with E-state index in [4.69, 9.17) is 4.52 Å². The number of nitrogens with zero attached hydrogens (tertiary/aromatic N) is 2. The first-order valence-electron chi connectivity index (χ1n) is 5.47. The van der Waals surface area contributed by atoms with E-state index in [-0.39, 0.29) is 5.41 Å². The molecule has 0 atom stereocenters. The van der Waals surface area contributed by atoms with Gasteiger partial charge in [0.25, 0.3) is 0 Å². The summed E-state index contributed by atoms with van der Waals surface area (Å²) in [5.74, 6) is 1.58. The second-order valence-corrected chi connectivity index (χ2v) is 5.05. The highest BCUT2D eigenvalue weighted by atomic mass is 16.5. The van der Waals surface area contributed by atoms with E-state index in [1.807, 2.05) is 7.05 Å². The predicted octanol–water partition coefficient (Wildman–Crippen LogP) is 1.81. The third kappa shape index (κ3) is 4.93. The zero-order valence-electron chi connectivity index (χ0n) is 10.1. The third-order valence-electron chi connectivity index (χ3n) is 2.02. The maximum Gasteiger partial charge on any atom is 0.226 e. The lowest BCUT2D eigenvalue weighted by atomic mass is 9.92. The van der Waals surface area contributed by atoms with Crippen molar-refractivity contribution < 1.29 is 4.52 Å². The van der Waals surface area contributed by atoms with Gasteiger partial charge in [0.1, 0.15) is 0 Å². The van der Waals surface area contributed by atoms with Crippen molar-refractivity contribution in [2.75, 3.05) is 13.6 Å². The fourth-order valence-corrected chi connectivity index (χ4v) is 1.35. The van der Waals surface area contributed by atoms with Crippen LogP contribution in [0.5, 0.6) is 0 Å². The summed E-state index contributed by atoms with van der Waals surface area (Å²) in [5, 5.41) is 7.07. The van der Waals surface area contributed by atoms with Gasteiger partial charge in [-0.15, -0.1) is 0 Å². The normalized spacial score (nSPS) is 12.0. The molecule has 1 rings (SSSR count). The molecule has 0 radical (unpaired) electrons. The average Bonchev–Trinajstić information content (AvgIpc) is 2.50. The fourth-order valence-electron chi connectivity index (χ4n) is 1.35. The Morgan fingerprint density at radius 1 is 1.33 bits per heavy atom. The molecule has 0 aliphatic carbocycles. The highest BCUT2D eigenvalue weighted by Gasteiger charge is 2.15. The van der Waals surface area contributed by atoms with Crippen LogP contribution in [0.15, 0.2) is 4.52 Å². The summed E-state index contributed by atoms with van der Waals surface area (Å²) in [7, 11) is 1.94. The van der Waals surface area contributed by atoms with Crippen LogP contribution in [0.3, 0.4) is 0 Å². The number of hydrogen-bond donors (Lipinski definition) is 1. The van der Waals surface area contributed by atoms with E-state index in [0.29, 0.717) is 0 Å². The van der Waals surface area contributed by atoms with Gasteiger partial charge >= 0.3 is 0 Å². The van der Waals surface area contributed by atoms with Crippen molar-refractivity contribution in [3.63, 3.8) is 0 Å². The lowest BCUT2D eigenvalue weighted by Crippen LogP contribution is -2.10. The van der Waals surface area contributed by atoms with Crippen LogP contribution in [-0.4, -0.2) is 23.7 Å². The zero-order valence-corrected chi connectivity index (χ0v) is 10.1. The minimum absolute atomic E-state index is 0.214. The first-order valence-corrected chi connectivity index (χ1v) is 5.47. The van der Waals surface area contributed by atoms with Gasteiger partial charge < -0.3 is 9.84 Å². The smallest absolute Gasteiger partial charge is 0.226 e. The van der Waals surface area contributed by atoms with E-state index in [9.17, 15) is 0 Å². The molecule has 15 heavy (non-hydrogen) atoms. The number of aryl methyl sites for hydroxylation is 1. The van der Waals surface area contributed by atoms with Crippen LogP contribution < -0.4 is 5.32 Å². The molecule has 0 saturated carbocycles. The minimum atomic E-state index is 0.214. The SMILES string of the molecule is CNCCCc1nc(CC(C)(C)C)no1. The lowest BCUT2D eigenvalue weighted by Gasteiger charge is -2.14. The minimum Gasteiger partial charge on any atom is -0.339 e. The molecule has 86 valence electrons. The molecule has 1 heterocycles. The van der Waals surface area contributed by atoms with Crippen molar-refractivity contribution >= 4 is 0 Å². The zero-order chi connectivity index (χ0) is 11.3. The molecular weight excluding hydrogens is 190 g/mol. The maximum atomic E-state index is 5.17. The summed E-state index contributed by atoms with van der Waals surface area (Å²) < 4.78 is 5.17. The van der Waals surface area contributed by atoms with Gasteiger partial charge in [-0.05, 0) is 25.4 Å². The van der Waals surface area contributed by atoms with Crippen molar-refractivity contribution in [2.24, 2.45) is 5.41 Å². The van der Waals surface area contributed by atoms with Gasteiger partial charge in [-0.25, -0.2) is 0 Å². The monoisotopic (exact) mass is 211 g/mol. The van der Waals surface area contributed by atoms with Crippen LogP contribution in [0.1, 0.15) is 38.9 Å². The lowest BCUT2D eigenvalue weighted by molar-refractivity contribution is 0.353. The van der Waals surface area contributed by atoms with Gasteiger partial charge in [0.05, 0.1) is 0 Å². The molecule has 0 spiro atoms. The van der Waals surface area contributed by atoms with Crippen LogP contribution in [0.2, 0.25) is 0 Å². The van der Waals surface area contributed by atoms with Crippen LogP contribution in [0, 0.1) is 5.41 Å². The fraction of sp³-hybridized carbons (Fsp3) is 0.818. The van der Waals surface area contributed by atoms with Gasteiger partial charge in [-0.1, -0.05) is 25.9 Å². The van der Waals surface area contributed by atoms with Gasteiger partial charge in [-0.3, -0.25) is 0 Å². The third-order valence-corrected chi connectivity index (χ3v) is 2.02. The molecule has 4 heteroatoms. The molecule has 0 aromatic carbocycles. The summed E-state index contributed by atoms with van der Waals surface area (Å²) in [4.78, 5) is 4.36. The molecule has 0 unspecified atom stereocenters. The van der Waals surface area contributed by atoms with Gasteiger partial charge in [0, 0.05) is 12.8 Å². The molecule has 1 aromatic rings. The quantitative estimate of drug-likeness (QED) is 0.755. The van der Waals surface area contributed by atoms with E-state index >= 15 is 0 Å². The van der Waals surface area contributed by atoms with E-state index in [1.165, 1.54) is 0 Å². The van der Waals surface area contributed by atoms with Crippen LogP contribution in [0.25, 0.3) is 0 Å². The van der Waals surface area contributed by atoms with Gasteiger partial charge in [0.15, 0.2) is 5.82 Å². The second kappa shape index (κ2) is 5.26. The number of rotatable bonds is 5. The number of nitrogens with one attached hydrogen (secondary N) is 1.